The molecule has 1 aliphatic heterocycles. The van der Waals surface area contributed by atoms with Crippen molar-refractivity contribution in [2.45, 2.75) is 25.8 Å². The van der Waals surface area contributed by atoms with E-state index in [4.69, 9.17) is 9.84 Å². The molecule has 1 N–H and O–H groups in total. The molecule has 0 bridgehead atoms. The summed E-state index contributed by atoms with van der Waals surface area (Å²) in [5.74, 6) is 0.571. The van der Waals surface area contributed by atoms with Gasteiger partial charge in [0.25, 0.3) is 5.91 Å². The van der Waals surface area contributed by atoms with E-state index in [9.17, 15) is 4.79 Å². The fraction of sp³-hybridized carbons (Fsp3) is 0.429. The molecular formula is C21H26N6O2. The van der Waals surface area contributed by atoms with E-state index in [-0.39, 0.29) is 5.91 Å². The summed E-state index contributed by atoms with van der Waals surface area (Å²) in [6.07, 6.45) is 4.51. The van der Waals surface area contributed by atoms with Crippen molar-refractivity contribution in [3.63, 3.8) is 0 Å². The highest BCUT2D eigenvalue weighted by Gasteiger charge is 2.26. The Hall–Kier alpha value is -3.00. The third kappa shape index (κ3) is 4.07. The number of pyridine rings is 2. The van der Waals surface area contributed by atoms with Crippen LogP contribution in [0.1, 0.15) is 35.3 Å². The fourth-order valence-electron chi connectivity index (χ4n) is 3.84. The molecule has 0 saturated carbocycles. The zero-order chi connectivity index (χ0) is 20.2. The average Bonchev–Trinajstić information content (AvgIpc) is 3.32. The molecular weight excluding hydrogens is 368 g/mol. The zero-order valence-corrected chi connectivity index (χ0v) is 16.8. The van der Waals surface area contributed by atoms with Gasteiger partial charge in [-0.3, -0.25) is 4.79 Å². The quantitative estimate of drug-likeness (QED) is 0.660. The normalized spacial score (nSPS) is 17.0. The summed E-state index contributed by atoms with van der Waals surface area (Å²) in [5, 5.41) is 8.90. The molecule has 0 aliphatic carbocycles. The van der Waals surface area contributed by atoms with E-state index < -0.39 is 0 Å². The molecule has 1 aliphatic rings. The summed E-state index contributed by atoms with van der Waals surface area (Å²) in [6.45, 7) is 5.41. The van der Waals surface area contributed by atoms with E-state index in [1.54, 1.807) is 24.5 Å². The number of hydrogen-bond acceptors (Lipinski definition) is 6. The topological polar surface area (TPSA) is 85.2 Å². The van der Waals surface area contributed by atoms with Crippen molar-refractivity contribution in [1.29, 1.82) is 0 Å². The van der Waals surface area contributed by atoms with Crippen LogP contribution in [-0.2, 0) is 6.54 Å². The van der Waals surface area contributed by atoms with Crippen molar-refractivity contribution in [2.75, 3.05) is 33.3 Å². The van der Waals surface area contributed by atoms with Crippen molar-refractivity contribution in [1.82, 2.24) is 30.0 Å². The number of fused-ring (bicyclic) bond motifs is 1. The molecule has 1 fully saturated rings. The number of aromatic nitrogens is 4. The Labute approximate surface area is 169 Å². The van der Waals surface area contributed by atoms with Crippen molar-refractivity contribution in [3.05, 3.63) is 47.9 Å². The summed E-state index contributed by atoms with van der Waals surface area (Å²) in [6, 6.07) is 7.48. The number of nitrogens with zero attached hydrogens (tertiary/aromatic N) is 5. The lowest BCUT2D eigenvalue weighted by atomic mass is 10.0. The van der Waals surface area contributed by atoms with E-state index in [0.29, 0.717) is 37.1 Å². The standard InChI is InChI=1S/C21H26N6O2/c1-3-29-21-17(7-5-10-24-21)20(28)23-11-13-27-19-16(6-4-9-22-19)18(25-27)15-8-12-26(2)14-15/h4-7,9-10,15H,3,8,11-14H2,1-2H3,(H,23,28). The highest BCUT2D eigenvalue weighted by atomic mass is 16.5. The maximum atomic E-state index is 12.6. The smallest absolute Gasteiger partial charge is 0.256 e. The number of likely N-dealkylation sites (tertiary alicyclic amines) is 1. The first-order valence-electron chi connectivity index (χ1n) is 10.0. The molecule has 0 aromatic carbocycles. The predicted octanol–water partition coefficient (Wildman–Crippen LogP) is 2.07. The van der Waals surface area contributed by atoms with Gasteiger partial charge in [0, 0.05) is 36.8 Å². The Morgan fingerprint density at radius 3 is 2.90 bits per heavy atom. The number of rotatable bonds is 7. The van der Waals surface area contributed by atoms with Gasteiger partial charge in [-0.15, -0.1) is 0 Å². The molecule has 0 radical (unpaired) electrons. The minimum Gasteiger partial charge on any atom is -0.477 e. The van der Waals surface area contributed by atoms with Crippen LogP contribution >= 0.6 is 0 Å². The van der Waals surface area contributed by atoms with Gasteiger partial charge in [-0.05, 0) is 51.2 Å². The Balaban J connectivity index is 1.47. The lowest BCUT2D eigenvalue weighted by Crippen LogP contribution is -2.28. The second-order valence-corrected chi connectivity index (χ2v) is 7.28. The molecule has 8 heteroatoms. The first-order valence-corrected chi connectivity index (χ1v) is 10.0. The predicted molar refractivity (Wildman–Crippen MR) is 110 cm³/mol. The molecule has 8 nitrogen and oxygen atoms in total. The molecule has 3 aromatic heterocycles. The van der Waals surface area contributed by atoms with E-state index in [1.807, 2.05) is 17.7 Å². The molecule has 1 amide bonds. The number of amides is 1. The van der Waals surface area contributed by atoms with Crippen LogP contribution in [0, 0.1) is 0 Å². The summed E-state index contributed by atoms with van der Waals surface area (Å²) in [5.41, 5.74) is 2.41. The maximum Gasteiger partial charge on any atom is 0.256 e. The van der Waals surface area contributed by atoms with Crippen LogP contribution in [-0.4, -0.2) is 63.8 Å². The van der Waals surface area contributed by atoms with Gasteiger partial charge < -0.3 is 15.0 Å². The van der Waals surface area contributed by atoms with Crippen LogP contribution in [0.3, 0.4) is 0 Å². The monoisotopic (exact) mass is 394 g/mol. The largest absolute Gasteiger partial charge is 0.477 e. The lowest BCUT2D eigenvalue weighted by Gasteiger charge is -2.10. The highest BCUT2D eigenvalue weighted by Crippen LogP contribution is 2.30. The summed E-state index contributed by atoms with van der Waals surface area (Å²) >= 11 is 0. The average molecular weight is 394 g/mol. The molecule has 29 heavy (non-hydrogen) atoms. The molecule has 4 heterocycles. The molecule has 1 saturated heterocycles. The zero-order valence-electron chi connectivity index (χ0n) is 16.8. The highest BCUT2D eigenvalue weighted by molar-refractivity contribution is 5.96. The van der Waals surface area contributed by atoms with Crippen molar-refractivity contribution in [3.8, 4) is 5.88 Å². The third-order valence-electron chi connectivity index (χ3n) is 5.22. The maximum absolute atomic E-state index is 12.6. The van der Waals surface area contributed by atoms with Crippen molar-refractivity contribution in [2.24, 2.45) is 0 Å². The molecule has 4 rings (SSSR count). The number of carbonyl (C=O) groups excluding carboxylic acids is 1. The van der Waals surface area contributed by atoms with Gasteiger partial charge >= 0.3 is 0 Å². The molecule has 152 valence electrons. The molecule has 1 unspecified atom stereocenters. The van der Waals surface area contributed by atoms with E-state index in [0.717, 1.165) is 36.2 Å². The minimum absolute atomic E-state index is 0.205. The number of hydrogen-bond donors (Lipinski definition) is 1. The van der Waals surface area contributed by atoms with Crippen LogP contribution in [0.2, 0.25) is 0 Å². The SMILES string of the molecule is CCOc1ncccc1C(=O)NCCn1nc(C2CCN(C)C2)c2cccnc21. The Morgan fingerprint density at radius 1 is 1.28 bits per heavy atom. The summed E-state index contributed by atoms with van der Waals surface area (Å²) in [4.78, 5) is 23.6. The first kappa shape index (κ1) is 19.3. The minimum atomic E-state index is -0.205. The van der Waals surface area contributed by atoms with E-state index >= 15 is 0 Å². The number of ether oxygens (including phenoxy) is 1. The molecule has 1 atom stereocenters. The Kier molecular flexibility index (Phi) is 5.71. The van der Waals surface area contributed by atoms with Gasteiger partial charge in [0.15, 0.2) is 5.65 Å². The van der Waals surface area contributed by atoms with Crippen LogP contribution in [0.25, 0.3) is 11.0 Å². The van der Waals surface area contributed by atoms with E-state index in [2.05, 4.69) is 33.3 Å². The number of likely N-dealkylation sites (N-methyl/N-ethyl adjacent to an activating group) is 1. The van der Waals surface area contributed by atoms with Crippen LogP contribution in [0.15, 0.2) is 36.7 Å². The fourth-order valence-corrected chi connectivity index (χ4v) is 3.84. The van der Waals surface area contributed by atoms with Gasteiger partial charge in [-0.1, -0.05) is 0 Å². The lowest BCUT2D eigenvalue weighted by molar-refractivity contribution is 0.0947. The summed E-state index contributed by atoms with van der Waals surface area (Å²) < 4.78 is 7.34. The second kappa shape index (κ2) is 8.57. The second-order valence-electron chi connectivity index (χ2n) is 7.28. The number of nitrogens with one attached hydrogen (secondary N) is 1. The summed E-state index contributed by atoms with van der Waals surface area (Å²) in [7, 11) is 2.14. The van der Waals surface area contributed by atoms with Crippen molar-refractivity contribution < 1.29 is 9.53 Å². The Bertz CT molecular complexity index is 1000. The van der Waals surface area contributed by atoms with Crippen molar-refractivity contribution >= 4 is 16.9 Å². The Morgan fingerprint density at radius 2 is 2.10 bits per heavy atom. The van der Waals surface area contributed by atoms with Gasteiger partial charge in [-0.25, -0.2) is 14.6 Å². The molecule has 3 aromatic rings. The van der Waals surface area contributed by atoms with Crippen LogP contribution in [0.5, 0.6) is 5.88 Å². The number of carbonyl (C=O) groups is 1. The van der Waals surface area contributed by atoms with Gasteiger partial charge in [-0.2, -0.15) is 5.10 Å². The van der Waals surface area contributed by atoms with Gasteiger partial charge in [0.05, 0.1) is 18.8 Å². The molecule has 0 spiro atoms. The van der Waals surface area contributed by atoms with Crippen LogP contribution in [0.4, 0.5) is 0 Å². The van der Waals surface area contributed by atoms with Crippen LogP contribution < -0.4 is 10.1 Å². The van der Waals surface area contributed by atoms with Gasteiger partial charge in [0.2, 0.25) is 5.88 Å². The first-order chi connectivity index (χ1) is 14.2. The third-order valence-corrected chi connectivity index (χ3v) is 5.22. The van der Waals surface area contributed by atoms with Gasteiger partial charge in [0.1, 0.15) is 5.56 Å². The van der Waals surface area contributed by atoms with E-state index in [1.165, 1.54) is 0 Å².